The lowest BCUT2D eigenvalue weighted by Crippen LogP contribution is -2.32. The molecule has 0 radical (unpaired) electrons. The van der Waals surface area contributed by atoms with E-state index in [4.69, 9.17) is 9.47 Å². The van der Waals surface area contributed by atoms with Crippen molar-refractivity contribution in [2.45, 2.75) is 33.0 Å². The molecular weight excluding hydrogens is 164 g/mol. The highest BCUT2D eigenvalue weighted by atomic mass is 16.5. The van der Waals surface area contributed by atoms with Crippen molar-refractivity contribution in [3.05, 3.63) is 23.8 Å². The fraction of sp³-hybridized carbons (Fsp3) is 0.636. The zero-order valence-electron chi connectivity index (χ0n) is 8.62. The standard InChI is InChI=1S/C11H18O2/c1-4-12-10-8-6-7-9(3)11(10)13-5-2/h6-8,10-11H,4-5H2,1-3H3/t10-,11+/m1/s1. The molecule has 0 aromatic heterocycles. The van der Waals surface area contributed by atoms with Crippen molar-refractivity contribution in [3.63, 3.8) is 0 Å². The first-order valence-corrected chi connectivity index (χ1v) is 4.87. The molecule has 2 heteroatoms. The van der Waals surface area contributed by atoms with Crippen LogP contribution in [0, 0.1) is 0 Å². The van der Waals surface area contributed by atoms with Gasteiger partial charge in [-0.25, -0.2) is 0 Å². The highest BCUT2D eigenvalue weighted by Gasteiger charge is 2.23. The summed E-state index contributed by atoms with van der Waals surface area (Å²) in [4.78, 5) is 0. The maximum absolute atomic E-state index is 5.62. The van der Waals surface area contributed by atoms with Crippen LogP contribution >= 0.6 is 0 Å². The molecule has 0 heterocycles. The molecule has 0 spiro atoms. The van der Waals surface area contributed by atoms with Crippen molar-refractivity contribution >= 4 is 0 Å². The van der Waals surface area contributed by atoms with E-state index in [1.54, 1.807) is 0 Å². The third-order valence-corrected chi connectivity index (χ3v) is 2.11. The van der Waals surface area contributed by atoms with E-state index in [0.29, 0.717) is 0 Å². The summed E-state index contributed by atoms with van der Waals surface area (Å²) in [5, 5.41) is 0. The SMILES string of the molecule is CCO[C@@H]1C=CC=C(C)[C@@H]1OCC. The molecule has 0 aliphatic heterocycles. The average molecular weight is 182 g/mol. The van der Waals surface area contributed by atoms with E-state index < -0.39 is 0 Å². The maximum Gasteiger partial charge on any atom is 0.108 e. The van der Waals surface area contributed by atoms with E-state index in [1.807, 2.05) is 19.9 Å². The second-order valence-electron chi connectivity index (χ2n) is 3.09. The summed E-state index contributed by atoms with van der Waals surface area (Å²) in [6, 6.07) is 0. The maximum atomic E-state index is 5.62. The van der Waals surface area contributed by atoms with Crippen LogP contribution in [0.5, 0.6) is 0 Å². The second kappa shape index (κ2) is 5.20. The molecule has 0 saturated carbocycles. The number of hydrogen-bond donors (Lipinski definition) is 0. The Balaban J connectivity index is 2.61. The topological polar surface area (TPSA) is 18.5 Å². The summed E-state index contributed by atoms with van der Waals surface area (Å²) in [5.41, 5.74) is 1.24. The van der Waals surface area contributed by atoms with Crippen molar-refractivity contribution in [1.82, 2.24) is 0 Å². The molecule has 0 unspecified atom stereocenters. The lowest BCUT2D eigenvalue weighted by Gasteiger charge is -2.27. The largest absolute Gasteiger partial charge is 0.371 e. The van der Waals surface area contributed by atoms with Gasteiger partial charge >= 0.3 is 0 Å². The van der Waals surface area contributed by atoms with E-state index in [2.05, 4.69) is 19.1 Å². The Kier molecular flexibility index (Phi) is 4.19. The molecule has 0 saturated heterocycles. The van der Waals surface area contributed by atoms with Crippen LogP contribution in [0.15, 0.2) is 23.8 Å². The monoisotopic (exact) mass is 182 g/mol. The first-order chi connectivity index (χ1) is 6.29. The van der Waals surface area contributed by atoms with Gasteiger partial charge in [-0.05, 0) is 26.3 Å². The van der Waals surface area contributed by atoms with Crippen molar-refractivity contribution in [3.8, 4) is 0 Å². The Hall–Kier alpha value is -0.600. The molecule has 0 aromatic carbocycles. The van der Waals surface area contributed by atoms with Crippen molar-refractivity contribution in [2.75, 3.05) is 13.2 Å². The van der Waals surface area contributed by atoms with E-state index in [1.165, 1.54) is 5.57 Å². The number of rotatable bonds is 4. The third kappa shape index (κ3) is 2.68. The Labute approximate surface area is 80.2 Å². The minimum atomic E-state index is 0.0925. The van der Waals surface area contributed by atoms with Gasteiger partial charge in [-0.2, -0.15) is 0 Å². The summed E-state index contributed by atoms with van der Waals surface area (Å²) < 4.78 is 11.2. The lowest BCUT2D eigenvalue weighted by atomic mass is 10.0. The Bertz CT molecular complexity index is 206. The van der Waals surface area contributed by atoms with Crippen molar-refractivity contribution in [2.24, 2.45) is 0 Å². The van der Waals surface area contributed by atoms with Crippen LogP contribution in [-0.4, -0.2) is 25.4 Å². The average Bonchev–Trinajstić information content (AvgIpc) is 2.11. The molecule has 0 N–H and O–H groups in total. The van der Waals surface area contributed by atoms with Crippen LogP contribution < -0.4 is 0 Å². The molecule has 0 amide bonds. The predicted molar refractivity (Wildman–Crippen MR) is 53.7 cm³/mol. The Morgan fingerprint density at radius 3 is 2.54 bits per heavy atom. The van der Waals surface area contributed by atoms with Crippen molar-refractivity contribution in [1.29, 1.82) is 0 Å². The summed E-state index contributed by atoms with van der Waals surface area (Å²) in [7, 11) is 0. The number of hydrogen-bond acceptors (Lipinski definition) is 2. The third-order valence-electron chi connectivity index (χ3n) is 2.11. The van der Waals surface area contributed by atoms with Crippen LogP contribution in [0.1, 0.15) is 20.8 Å². The van der Waals surface area contributed by atoms with E-state index in [-0.39, 0.29) is 12.2 Å². The summed E-state index contributed by atoms with van der Waals surface area (Å²) in [6.07, 6.45) is 6.36. The first kappa shape index (κ1) is 10.5. The second-order valence-corrected chi connectivity index (χ2v) is 3.09. The summed E-state index contributed by atoms with van der Waals surface area (Å²) >= 11 is 0. The summed E-state index contributed by atoms with van der Waals surface area (Å²) in [6.45, 7) is 7.55. The molecule has 1 rings (SSSR count). The molecule has 1 aliphatic carbocycles. The van der Waals surface area contributed by atoms with E-state index >= 15 is 0 Å². The van der Waals surface area contributed by atoms with Gasteiger partial charge in [0.05, 0.1) is 0 Å². The molecule has 74 valence electrons. The van der Waals surface area contributed by atoms with Gasteiger partial charge in [0.15, 0.2) is 0 Å². The molecule has 0 bridgehead atoms. The van der Waals surface area contributed by atoms with Gasteiger partial charge in [-0.15, -0.1) is 0 Å². The van der Waals surface area contributed by atoms with Crippen LogP contribution in [0.2, 0.25) is 0 Å². The molecule has 2 atom stereocenters. The smallest absolute Gasteiger partial charge is 0.108 e. The van der Waals surface area contributed by atoms with Gasteiger partial charge < -0.3 is 9.47 Å². The number of ether oxygens (including phenoxy) is 2. The fourth-order valence-corrected chi connectivity index (χ4v) is 1.51. The Morgan fingerprint density at radius 2 is 1.92 bits per heavy atom. The van der Waals surface area contributed by atoms with E-state index in [0.717, 1.165) is 13.2 Å². The Morgan fingerprint density at radius 1 is 1.23 bits per heavy atom. The first-order valence-electron chi connectivity index (χ1n) is 4.87. The molecular formula is C11H18O2. The van der Waals surface area contributed by atoms with Gasteiger partial charge in [0.2, 0.25) is 0 Å². The quantitative estimate of drug-likeness (QED) is 0.664. The fourth-order valence-electron chi connectivity index (χ4n) is 1.51. The minimum absolute atomic E-state index is 0.0925. The number of allylic oxidation sites excluding steroid dienone is 2. The zero-order valence-corrected chi connectivity index (χ0v) is 8.62. The molecule has 0 aromatic rings. The molecule has 2 nitrogen and oxygen atoms in total. The molecule has 13 heavy (non-hydrogen) atoms. The minimum Gasteiger partial charge on any atom is -0.371 e. The van der Waals surface area contributed by atoms with Crippen molar-refractivity contribution < 1.29 is 9.47 Å². The van der Waals surface area contributed by atoms with Gasteiger partial charge in [0.25, 0.3) is 0 Å². The van der Waals surface area contributed by atoms with E-state index in [9.17, 15) is 0 Å². The molecule has 0 fully saturated rings. The lowest BCUT2D eigenvalue weighted by molar-refractivity contribution is -0.0275. The predicted octanol–water partition coefficient (Wildman–Crippen LogP) is 2.31. The van der Waals surface area contributed by atoms with Crippen LogP contribution in [0.25, 0.3) is 0 Å². The van der Waals surface area contributed by atoms with Crippen LogP contribution in [0.3, 0.4) is 0 Å². The highest BCUT2D eigenvalue weighted by Crippen LogP contribution is 2.19. The van der Waals surface area contributed by atoms with Gasteiger partial charge in [0.1, 0.15) is 12.2 Å². The molecule has 1 aliphatic rings. The normalized spacial score (nSPS) is 27.5. The summed E-state index contributed by atoms with van der Waals surface area (Å²) in [5.74, 6) is 0. The van der Waals surface area contributed by atoms with Gasteiger partial charge in [-0.3, -0.25) is 0 Å². The highest BCUT2D eigenvalue weighted by molar-refractivity contribution is 5.24. The zero-order chi connectivity index (χ0) is 9.68. The van der Waals surface area contributed by atoms with Crippen LogP contribution in [0.4, 0.5) is 0 Å². The van der Waals surface area contributed by atoms with Crippen LogP contribution in [-0.2, 0) is 9.47 Å². The van der Waals surface area contributed by atoms with Gasteiger partial charge in [-0.1, -0.05) is 18.2 Å². The van der Waals surface area contributed by atoms with Gasteiger partial charge in [0, 0.05) is 13.2 Å².